The van der Waals surface area contributed by atoms with E-state index in [0.717, 1.165) is 16.5 Å². The number of benzene rings is 2. The summed E-state index contributed by atoms with van der Waals surface area (Å²) < 4.78 is 11.4. The van der Waals surface area contributed by atoms with Crippen molar-refractivity contribution in [2.45, 2.75) is 0 Å². The number of carbonyl (C=O) groups excluding carboxylic acids is 1. The standard InChI is InChI=1S/C32H23N5O4/c1-40-24-9-11-26-28(17-24)34-15-13-29(26)41-25-10-12-30(35-20-25)37(23-7-3-2-4-8-23)32(39)27-16-22(19-36-31(27)38)21-6-5-14-33-18-21/h2-20H,1H3,(H,36,38). The fraction of sp³-hybridized carbons (Fsp3) is 0.0312. The Kier molecular flexibility index (Phi) is 6.90. The van der Waals surface area contributed by atoms with Gasteiger partial charge in [0, 0.05) is 47.4 Å². The molecule has 0 fully saturated rings. The van der Waals surface area contributed by atoms with Gasteiger partial charge >= 0.3 is 0 Å². The lowest BCUT2D eigenvalue weighted by molar-refractivity contribution is 0.0997. The number of pyridine rings is 4. The summed E-state index contributed by atoms with van der Waals surface area (Å²) in [6, 6.07) is 24.9. The number of methoxy groups -OCH3 is 1. The van der Waals surface area contributed by atoms with Gasteiger partial charge in [-0.05, 0) is 54.6 Å². The Morgan fingerprint density at radius 3 is 2.44 bits per heavy atom. The molecule has 6 aromatic rings. The summed E-state index contributed by atoms with van der Waals surface area (Å²) in [5, 5.41) is 0.811. The van der Waals surface area contributed by atoms with E-state index in [-0.39, 0.29) is 5.56 Å². The van der Waals surface area contributed by atoms with Crippen LogP contribution < -0.4 is 19.9 Å². The number of aromatic nitrogens is 4. The smallest absolute Gasteiger partial charge is 0.269 e. The lowest BCUT2D eigenvalue weighted by Crippen LogP contribution is -2.31. The van der Waals surface area contributed by atoms with Gasteiger partial charge in [-0.3, -0.25) is 24.5 Å². The number of H-pyrrole nitrogens is 1. The third-order valence-corrected chi connectivity index (χ3v) is 6.43. The fourth-order valence-corrected chi connectivity index (χ4v) is 4.40. The van der Waals surface area contributed by atoms with Gasteiger partial charge in [0.05, 0.1) is 24.5 Å². The number of ether oxygens (including phenoxy) is 2. The zero-order valence-corrected chi connectivity index (χ0v) is 21.9. The molecule has 41 heavy (non-hydrogen) atoms. The van der Waals surface area contributed by atoms with Crippen LogP contribution in [0.3, 0.4) is 0 Å². The summed E-state index contributed by atoms with van der Waals surface area (Å²) in [6.45, 7) is 0. The molecule has 0 unspecified atom stereocenters. The highest BCUT2D eigenvalue weighted by Crippen LogP contribution is 2.32. The maximum atomic E-state index is 13.9. The summed E-state index contributed by atoms with van der Waals surface area (Å²) in [6.07, 6.45) is 8.08. The van der Waals surface area contributed by atoms with Crippen LogP contribution in [0.15, 0.2) is 121 Å². The van der Waals surface area contributed by atoms with Crippen LogP contribution in [0.2, 0.25) is 0 Å². The molecule has 9 nitrogen and oxygen atoms in total. The molecular formula is C32H23N5O4. The van der Waals surface area contributed by atoms with Crippen LogP contribution >= 0.6 is 0 Å². The molecule has 1 N–H and O–H groups in total. The van der Waals surface area contributed by atoms with Crippen LogP contribution in [-0.4, -0.2) is 33.0 Å². The van der Waals surface area contributed by atoms with E-state index in [1.807, 2.05) is 42.5 Å². The van der Waals surface area contributed by atoms with Crippen molar-refractivity contribution >= 4 is 28.3 Å². The Labute approximate surface area is 234 Å². The number of carbonyl (C=O) groups is 1. The third-order valence-electron chi connectivity index (χ3n) is 6.43. The molecule has 0 aliphatic rings. The van der Waals surface area contributed by atoms with E-state index >= 15 is 0 Å². The van der Waals surface area contributed by atoms with E-state index in [1.165, 1.54) is 11.1 Å². The third kappa shape index (κ3) is 5.24. The normalized spacial score (nSPS) is 10.8. The van der Waals surface area contributed by atoms with Crippen molar-refractivity contribution in [3.63, 3.8) is 0 Å². The minimum absolute atomic E-state index is 0.0315. The molecule has 200 valence electrons. The maximum absolute atomic E-state index is 13.9. The van der Waals surface area contributed by atoms with Crippen LogP contribution in [0.25, 0.3) is 22.0 Å². The van der Waals surface area contributed by atoms with Gasteiger partial charge in [0.25, 0.3) is 11.5 Å². The molecule has 4 heterocycles. The van der Waals surface area contributed by atoms with Crippen LogP contribution in [-0.2, 0) is 0 Å². The molecule has 6 rings (SSSR count). The van der Waals surface area contributed by atoms with Crippen LogP contribution in [0, 0.1) is 0 Å². The number of rotatable bonds is 7. The number of nitrogens with zero attached hydrogens (tertiary/aromatic N) is 4. The topological polar surface area (TPSA) is 110 Å². The number of anilines is 2. The molecule has 0 radical (unpaired) electrons. The lowest BCUT2D eigenvalue weighted by atomic mass is 10.1. The minimum atomic E-state index is -0.529. The Morgan fingerprint density at radius 1 is 0.829 bits per heavy atom. The first-order valence-corrected chi connectivity index (χ1v) is 12.7. The number of aromatic amines is 1. The molecule has 2 aromatic carbocycles. The van der Waals surface area contributed by atoms with E-state index in [9.17, 15) is 9.59 Å². The summed E-state index contributed by atoms with van der Waals surface area (Å²) in [4.78, 5) is 43.9. The molecule has 0 spiro atoms. The number of hydrogen-bond donors (Lipinski definition) is 1. The Hall–Kier alpha value is -5.83. The van der Waals surface area contributed by atoms with Gasteiger partial charge in [0.2, 0.25) is 0 Å². The van der Waals surface area contributed by atoms with Crippen LogP contribution in [0.1, 0.15) is 10.4 Å². The number of amides is 1. The highest BCUT2D eigenvalue weighted by atomic mass is 16.5. The Balaban J connectivity index is 1.34. The van der Waals surface area contributed by atoms with Crippen molar-refractivity contribution in [2.24, 2.45) is 0 Å². The average molecular weight is 542 g/mol. The number of fused-ring (bicyclic) bond motifs is 1. The largest absolute Gasteiger partial charge is 0.497 e. The highest BCUT2D eigenvalue weighted by Gasteiger charge is 2.24. The van der Waals surface area contributed by atoms with Crippen molar-refractivity contribution in [1.29, 1.82) is 0 Å². The first-order chi connectivity index (χ1) is 20.1. The van der Waals surface area contributed by atoms with Gasteiger partial charge in [-0.1, -0.05) is 24.3 Å². The molecule has 1 amide bonds. The molecule has 0 bridgehead atoms. The molecular weight excluding hydrogens is 518 g/mol. The van der Waals surface area contributed by atoms with E-state index < -0.39 is 11.5 Å². The minimum Gasteiger partial charge on any atom is -0.497 e. The van der Waals surface area contributed by atoms with Crippen LogP contribution in [0.5, 0.6) is 17.2 Å². The van der Waals surface area contributed by atoms with Crippen molar-refractivity contribution in [3.8, 4) is 28.4 Å². The molecule has 0 aliphatic carbocycles. The average Bonchev–Trinajstić information content (AvgIpc) is 3.03. The fourth-order valence-electron chi connectivity index (χ4n) is 4.40. The SMILES string of the molecule is COc1ccc2c(Oc3ccc(N(C(=O)c4cc(-c5cccnc5)c[nH]c4=O)c4ccccc4)nc3)ccnc2c1. The molecule has 9 heteroatoms. The molecule has 0 aliphatic heterocycles. The van der Waals surface area contributed by atoms with Crippen molar-refractivity contribution in [1.82, 2.24) is 19.9 Å². The monoisotopic (exact) mass is 541 g/mol. The van der Waals surface area contributed by atoms with Crippen molar-refractivity contribution in [3.05, 3.63) is 132 Å². The van der Waals surface area contributed by atoms with Gasteiger partial charge in [0.1, 0.15) is 28.6 Å². The maximum Gasteiger partial charge on any atom is 0.269 e. The highest BCUT2D eigenvalue weighted by molar-refractivity contribution is 6.10. The van der Waals surface area contributed by atoms with Gasteiger partial charge in [-0.15, -0.1) is 0 Å². The second kappa shape index (κ2) is 11.1. The van der Waals surface area contributed by atoms with Crippen molar-refractivity contribution < 1.29 is 14.3 Å². The van der Waals surface area contributed by atoms with Gasteiger partial charge < -0.3 is 14.5 Å². The van der Waals surface area contributed by atoms with Crippen molar-refractivity contribution in [2.75, 3.05) is 12.0 Å². The number of hydrogen-bond acceptors (Lipinski definition) is 7. The summed E-state index contributed by atoms with van der Waals surface area (Å²) >= 11 is 0. The van der Waals surface area contributed by atoms with Crippen LogP contribution in [0.4, 0.5) is 11.5 Å². The van der Waals surface area contributed by atoms with E-state index in [4.69, 9.17) is 9.47 Å². The number of nitrogens with one attached hydrogen (secondary N) is 1. The van der Waals surface area contributed by atoms with E-state index in [2.05, 4.69) is 19.9 Å². The summed E-state index contributed by atoms with van der Waals surface area (Å²) in [7, 11) is 1.60. The van der Waals surface area contributed by atoms with Gasteiger partial charge in [0.15, 0.2) is 0 Å². The van der Waals surface area contributed by atoms with Gasteiger partial charge in [-0.2, -0.15) is 0 Å². The Morgan fingerprint density at radius 2 is 1.68 bits per heavy atom. The Bertz CT molecular complexity index is 1890. The predicted octanol–water partition coefficient (Wildman–Crippen LogP) is 6.16. The predicted molar refractivity (Wildman–Crippen MR) is 156 cm³/mol. The first kappa shape index (κ1) is 25.4. The molecule has 0 saturated heterocycles. The lowest BCUT2D eigenvalue weighted by Gasteiger charge is -2.22. The van der Waals surface area contributed by atoms with E-state index in [1.54, 1.807) is 74.4 Å². The van der Waals surface area contributed by atoms with E-state index in [0.29, 0.717) is 34.3 Å². The summed E-state index contributed by atoms with van der Waals surface area (Å²) in [5.41, 5.74) is 2.17. The number of para-hydroxylation sites is 1. The zero-order valence-electron chi connectivity index (χ0n) is 21.9. The summed E-state index contributed by atoms with van der Waals surface area (Å²) in [5.74, 6) is 1.56. The zero-order chi connectivity index (χ0) is 28.2. The second-order valence-corrected chi connectivity index (χ2v) is 9.00. The second-order valence-electron chi connectivity index (χ2n) is 9.00. The quantitative estimate of drug-likeness (QED) is 0.258. The van der Waals surface area contributed by atoms with Gasteiger partial charge in [-0.25, -0.2) is 4.98 Å². The molecule has 0 atom stereocenters. The molecule has 4 aromatic heterocycles. The molecule has 0 saturated carbocycles. The first-order valence-electron chi connectivity index (χ1n) is 12.7.